The minimum atomic E-state index is -3.28. The van der Waals surface area contributed by atoms with E-state index in [1.807, 2.05) is 38.1 Å². The van der Waals surface area contributed by atoms with Crippen LogP contribution >= 0.6 is 0 Å². The van der Waals surface area contributed by atoms with Crippen molar-refractivity contribution in [1.29, 1.82) is 0 Å². The zero-order valence-corrected chi connectivity index (χ0v) is 18.9. The number of aromatic nitrogens is 2. The van der Waals surface area contributed by atoms with E-state index in [4.69, 9.17) is 4.74 Å². The van der Waals surface area contributed by atoms with Crippen LogP contribution in [0.4, 0.5) is 0 Å². The molecule has 1 aliphatic rings. The summed E-state index contributed by atoms with van der Waals surface area (Å²) in [5.41, 5.74) is -0.531. The zero-order valence-electron chi connectivity index (χ0n) is 18.0. The van der Waals surface area contributed by atoms with Gasteiger partial charge in [0.25, 0.3) is 5.56 Å². The first kappa shape index (κ1) is 23.1. The van der Waals surface area contributed by atoms with E-state index in [1.165, 1.54) is 29.7 Å². The van der Waals surface area contributed by atoms with Gasteiger partial charge in [0.05, 0.1) is 18.1 Å². The van der Waals surface area contributed by atoms with Gasteiger partial charge in [-0.15, -0.1) is 0 Å². The molecule has 0 amide bonds. The Balaban J connectivity index is 1.53. The van der Waals surface area contributed by atoms with E-state index in [1.54, 1.807) is 12.2 Å². The minimum absolute atomic E-state index is 0.0331. The maximum atomic E-state index is 12.7. The second kappa shape index (κ2) is 9.68. The smallest absolute Gasteiger partial charge is 0.328 e. The molecule has 1 saturated carbocycles. The molecule has 168 valence electrons. The van der Waals surface area contributed by atoms with Gasteiger partial charge in [-0.1, -0.05) is 38.1 Å². The Morgan fingerprint density at radius 3 is 2.68 bits per heavy atom. The monoisotopic (exact) mass is 446 g/mol. The lowest BCUT2D eigenvalue weighted by molar-refractivity contribution is 0.299. The molecule has 1 fully saturated rings. The summed E-state index contributed by atoms with van der Waals surface area (Å²) in [6.07, 6.45) is 7.68. The van der Waals surface area contributed by atoms with Gasteiger partial charge in [0.2, 0.25) is 0 Å². The topological polar surface area (TPSA) is 98.2 Å². The van der Waals surface area contributed by atoms with E-state index >= 15 is 0 Å². The molecule has 1 aromatic heterocycles. The molecule has 0 spiro atoms. The zero-order chi connectivity index (χ0) is 22.5. The summed E-state index contributed by atoms with van der Waals surface area (Å²) in [6.45, 7) is 4.86. The average molecular weight is 447 g/mol. The van der Waals surface area contributed by atoms with E-state index < -0.39 is 26.5 Å². The molecular formula is C23H30N2O5S. The average Bonchev–Trinajstić information content (AvgIpc) is 3.51. The fourth-order valence-corrected chi connectivity index (χ4v) is 5.26. The van der Waals surface area contributed by atoms with Gasteiger partial charge in [-0.2, -0.15) is 0 Å². The van der Waals surface area contributed by atoms with Crippen molar-refractivity contribution < 1.29 is 13.2 Å². The number of benzene rings is 1. The summed E-state index contributed by atoms with van der Waals surface area (Å²) in [5.74, 6) is 1.52. The highest BCUT2D eigenvalue weighted by Gasteiger charge is 2.28. The van der Waals surface area contributed by atoms with Crippen molar-refractivity contribution >= 4 is 9.84 Å². The van der Waals surface area contributed by atoms with Gasteiger partial charge in [0, 0.05) is 24.2 Å². The molecule has 0 atom stereocenters. The van der Waals surface area contributed by atoms with Crippen molar-refractivity contribution in [2.75, 3.05) is 18.1 Å². The van der Waals surface area contributed by atoms with Crippen molar-refractivity contribution in [2.45, 2.75) is 45.1 Å². The number of nitrogens with one attached hydrogen (secondary N) is 1. The summed E-state index contributed by atoms with van der Waals surface area (Å²) >= 11 is 0. The summed E-state index contributed by atoms with van der Waals surface area (Å²) in [7, 11) is -3.28. The standard InChI is InChI=1S/C23H30N2O5S/c1-23(2,19-7-6-8-20(15-19)30-16-18-9-10-18)17-31(28,29)14-5-3-4-12-25-13-11-21(26)24-22(25)27/h3-4,6-8,11,13,15,18H,5,9-10,12,14,16-17H2,1-2H3,(H,24,26,27)/b4-3+. The number of hydrogen-bond acceptors (Lipinski definition) is 5. The highest BCUT2D eigenvalue weighted by atomic mass is 32.2. The van der Waals surface area contributed by atoms with Gasteiger partial charge in [-0.25, -0.2) is 13.2 Å². The lowest BCUT2D eigenvalue weighted by Crippen LogP contribution is -2.29. The van der Waals surface area contributed by atoms with Crippen LogP contribution in [0.2, 0.25) is 0 Å². The maximum Gasteiger partial charge on any atom is 0.328 e. The first-order chi connectivity index (χ1) is 14.6. The van der Waals surface area contributed by atoms with Crippen LogP contribution in [0, 0.1) is 5.92 Å². The third kappa shape index (κ3) is 7.24. The molecule has 8 heteroatoms. The van der Waals surface area contributed by atoms with Crippen LogP contribution in [0.5, 0.6) is 5.75 Å². The molecule has 0 saturated heterocycles. The number of rotatable bonds is 11. The Morgan fingerprint density at radius 1 is 1.19 bits per heavy atom. The van der Waals surface area contributed by atoms with Crippen LogP contribution in [-0.2, 0) is 21.8 Å². The quantitative estimate of drug-likeness (QED) is 0.535. The third-order valence-electron chi connectivity index (χ3n) is 5.34. The van der Waals surface area contributed by atoms with Crippen LogP contribution in [-0.4, -0.2) is 36.1 Å². The molecule has 1 aliphatic carbocycles. The molecular weight excluding hydrogens is 416 g/mol. The number of sulfone groups is 1. The van der Waals surface area contributed by atoms with Crippen molar-refractivity contribution in [3.63, 3.8) is 0 Å². The summed E-state index contributed by atoms with van der Waals surface area (Å²) in [6, 6.07) is 8.98. The fourth-order valence-electron chi connectivity index (χ4n) is 3.35. The van der Waals surface area contributed by atoms with E-state index in [2.05, 4.69) is 4.98 Å². The van der Waals surface area contributed by atoms with E-state index in [9.17, 15) is 18.0 Å². The summed E-state index contributed by atoms with van der Waals surface area (Å²) in [4.78, 5) is 24.9. The summed E-state index contributed by atoms with van der Waals surface area (Å²) < 4.78 is 32.6. The van der Waals surface area contributed by atoms with E-state index in [0.29, 0.717) is 12.3 Å². The molecule has 2 aromatic rings. The Hall–Kier alpha value is -2.61. The second-order valence-corrected chi connectivity index (χ2v) is 11.0. The van der Waals surface area contributed by atoms with Crippen LogP contribution in [0.1, 0.15) is 38.7 Å². The molecule has 0 aliphatic heterocycles. The Bertz CT molecular complexity index is 1140. The third-order valence-corrected chi connectivity index (χ3v) is 7.36. The largest absolute Gasteiger partial charge is 0.493 e. The van der Waals surface area contributed by atoms with Crippen LogP contribution in [0.15, 0.2) is 58.3 Å². The SMILES string of the molecule is CC(C)(CS(=O)(=O)CC/C=C/Cn1ccc(=O)[nH]c1=O)c1cccc(OCC2CC2)c1. The second-order valence-electron chi connectivity index (χ2n) is 8.78. The number of hydrogen-bond donors (Lipinski definition) is 1. The molecule has 7 nitrogen and oxygen atoms in total. The lowest BCUT2D eigenvalue weighted by atomic mass is 9.87. The summed E-state index contributed by atoms with van der Waals surface area (Å²) in [5, 5.41) is 0. The molecule has 31 heavy (non-hydrogen) atoms. The normalized spacial score (nSPS) is 14.8. The minimum Gasteiger partial charge on any atom is -0.493 e. The van der Waals surface area contributed by atoms with Gasteiger partial charge >= 0.3 is 5.69 Å². The first-order valence-electron chi connectivity index (χ1n) is 10.5. The molecule has 0 bridgehead atoms. The number of ether oxygens (including phenoxy) is 1. The predicted molar refractivity (Wildman–Crippen MR) is 121 cm³/mol. The molecule has 1 heterocycles. The molecule has 0 unspecified atom stereocenters. The predicted octanol–water partition coefficient (Wildman–Crippen LogP) is 2.66. The van der Waals surface area contributed by atoms with E-state index in [-0.39, 0.29) is 18.1 Å². The molecule has 1 N–H and O–H groups in total. The highest BCUT2D eigenvalue weighted by molar-refractivity contribution is 7.91. The highest BCUT2D eigenvalue weighted by Crippen LogP contribution is 2.31. The van der Waals surface area contributed by atoms with Gasteiger partial charge < -0.3 is 4.74 Å². The van der Waals surface area contributed by atoms with E-state index in [0.717, 1.165) is 17.9 Å². The number of nitrogens with zero attached hydrogens (tertiary/aromatic N) is 1. The van der Waals surface area contributed by atoms with Crippen molar-refractivity contribution in [3.8, 4) is 5.75 Å². The fraction of sp³-hybridized carbons (Fsp3) is 0.478. The van der Waals surface area contributed by atoms with Crippen molar-refractivity contribution in [3.05, 3.63) is 75.1 Å². The number of H-pyrrole nitrogens is 1. The Morgan fingerprint density at radius 2 is 1.97 bits per heavy atom. The number of allylic oxidation sites excluding steroid dienone is 2. The van der Waals surface area contributed by atoms with Gasteiger partial charge in [-0.3, -0.25) is 14.3 Å². The van der Waals surface area contributed by atoms with Crippen LogP contribution in [0.25, 0.3) is 0 Å². The van der Waals surface area contributed by atoms with Crippen LogP contribution < -0.4 is 16.0 Å². The van der Waals surface area contributed by atoms with Gasteiger partial charge in [0.1, 0.15) is 5.75 Å². The van der Waals surface area contributed by atoms with Gasteiger partial charge in [0.15, 0.2) is 9.84 Å². The molecule has 1 aromatic carbocycles. The maximum absolute atomic E-state index is 12.7. The molecule has 3 rings (SSSR count). The van der Waals surface area contributed by atoms with Gasteiger partial charge in [-0.05, 0) is 42.9 Å². The Kier molecular flexibility index (Phi) is 7.20. The first-order valence-corrected chi connectivity index (χ1v) is 12.4. The van der Waals surface area contributed by atoms with Crippen LogP contribution in [0.3, 0.4) is 0 Å². The lowest BCUT2D eigenvalue weighted by Gasteiger charge is -2.25. The van der Waals surface area contributed by atoms with Crippen molar-refractivity contribution in [2.24, 2.45) is 5.92 Å². The Labute approximate surface area is 182 Å². The van der Waals surface area contributed by atoms with Crippen molar-refractivity contribution in [1.82, 2.24) is 9.55 Å². The molecule has 0 radical (unpaired) electrons. The number of aromatic amines is 1.